The van der Waals surface area contributed by atoms with Crippen molar-refractivity contribution in [3.63, 3.8) is 0 Å². The van der Waals surface area contributed by atoms with Crippen LogP contribution in [0, 0.1) is 0 Å². The van der Waals surface area contributed by atoms with Gasteiger partial charge in [-0.05, 0) is 6.42 Å². The molecule has 0 aliphatic carbocycles. The van der Waals surface area contributed by atoms with E-state index in [9.17, 15) is 0 Å². The zero-order valence-electron chi connectivity index (χ0n) is 15.3. The van der Waals surface area contributed by atoms with Gasteiger partial charge in [0.15, 0.2) is 11.5 Å². The van der Waals surface area contributed by atoms with Gasteiger partial charge in [0.1, 0.15) is 0 Å². The highest BCUT2D eigenvalue weighted by molar-refractivity contribution is 5.63. The molecule has 1 saturated heterocycles. The average molecular weight is 338 g/mol. The second-order valence-electron chi connectivity index (χ2n) is 5.82. The van der Waals surface area contributed by atoms with E-state index >= 15 is 0 Å². The Kier molecular flexibility index (Phi) is 7.46. The van der Waals surface area contributed by atoms with Gasteiger partial charge in [-0.25, -0.2) is 0 Å². The molecule has 136 valence electrons. The lowest BCUT2D eigenvalue weighted by molar-refractivity contribution is 0.0391. The lowest BCUT2D eigenvalue weighted by atomic mass is 10.2. The molecule has 1 aliphatic rings. The Hall–Kier alpha value is -1.66. The Labute approximate surface area is 145 Å². The number of ether oxygens (including phenoxy) is 4. The van der Waals surface area contributed by atoms with E-state index in [-0.39, 0.29) is 0 Å². The zero-order chi connectivity index (χ0) is 17.4. The third-order valence-corrected chi connectivity index (χ3v) is 4.30. The van der Waals surface area contributed by atoms with Crippen molar-refractivity contribution in [2.24, 2.45) is 0 Å². The normalized spacial score (nSPS) is 15.2. The van der Waals surface area contributed by atoms with Crippen molar-refractivity contribution in [3.8, 4) is 17.2 Å². The Balaban J connectivity index is 2.16. The van der Waals surface area contributed by atoms with Crippen LogP contribution in [0.25, 0.3) is 0 Å². The molecule has 1 heterocycles. The van der Waals surface area contributed by atoms with Gasteiger partial charge in [-0.2, -0.15) is 0 Å². The number of morpholine rings is 1. The van der Waals surface area contributed by atoms with Gasteiger partial charge in [-0.1, -0.05) is 6.92 Å². The smallest absolute Gasteiger partial charge is 0.203 e. The highest BCUT2D eigenvalue weighted by Gasteiger charge is 2.18. The maximum absolute atomic E-state index is 5.48. The third kappa shape index (κ3) is 4.68. The quantitative estimate of drug-likeness (QED) is 0.688. The third-order valence-electron chi connectivity index (χ3n) is 4.30. The van der Waals surface area contributed by atoms with Crippen molar-refractivity contribution in [2.45, 2.75) is 13.3 Å². The monoisotopic (exact) mass is 338 g/mol. The average Bonchev–Trinajstić information content (AvgIpc) is 2.64. The Morgan fingerprint density at radius 2 is 1.62 bits per heavy atom. The molecular weight excluding hydrogens is 308 g/mol. The van der Waals surface area contributed by atoms with E-state index in [0.29, 0.717) is 17.2 Å². The number of nitrogens with zero attached hydrogens (tertiary/aromatic N) is 2. The van der Waals surface area contributed by atoms with Crippen molar-refractivity contribution >= 4 is 5.69 Å². The number of hydrogen-bond acceptors (Lipinski definition) is 6. The summed E-state index contributed by atoms with van der Waals surface area (Å²) in [5.74, 6) is 2.02. The number of anilines is 1. The highest BCUT2D eigenvalue weighted by Crippen LogP contribution is 2.41. The Morgan fingerprint density at radius 1 is 1.00 bits per heavy atom. The van der Waals surface area contributed by atoms with Crippen LogP contribution in [0.4, 0.5) is 5.69 Å². The van der Waals surface area contributed by atoms with E-state index in [0.717, 1.165) is 58.0 Å². The second-order valence-corrected chi connectivity index (χ2v) is 5.82. The second kappa shape index (κ2) is 9.59. The van der Waals surface area contributed by atoms with Crippen LogP contribution in [-0.4, -0.2) is 72.2 Å². The topological polar surface area (TPSA) is 43.4 Å². The molecule has 1 aromatic rings. The molecule has 6 nitrogen and oxygen atoms in total. The fourth-order valence-corrected chi connectivity index (χ4v) is 2.98. The zero-order valence-corrected chi connectivity index (χ0v) is 15.3. The summed E-state index contributed by atoms with van der Waals surface area (Å²) in [5.41, 5.74) is 1.10. The van der Waals surface area contributed by atoms with Gasteiger partial charge in [0, 0.05) is 50.5 Å². The summed E-state index contributed by atoms with van der Waals surface area (Å²) in [6, 6.07) is 4.05. The molecule has 1 aliphatic heterocycles. The molecule has 0 spiro atoms. The highest BCUT2D eigenvalue weighted by atomic mass is 16.5. The maximum atomic E-state index is 5.48. The van der Waals surface area contributed by atoms with Gasteiger partial charge < -0.3 is 23.8 Å². The predicted molar refractivity (Wildman–Crippen MR) is 95.9 cm³/mol. The van der Waals surface area contributed by atoms with E-state index in [2.05, 4.69) is 16.7 Å². The van der Waals surface area contributed by atoms with E-state index in [4.69, 9.17) is 18.9 Å². The lowest BCUT2D eigenvalue weighted by Crippen LogP contribution is -2.41. The lowest BCUT2D eigenvalue weighted by Gasteiger charge is -2.31. The van der Waals surface area contributed by atoms with Crippen molar-refractivity contribution in [3.05, 3.63) is 12.1 Å². The first-order chi connectivity index (χ1) is 11.7. The van der Waals surface area contributed by atoms with E-state index < -0.39 is 0 Å². The number of methoxy groups -OCH3 is 3. The Bertz CT molecular complexity index is 479. The number of hydrogen-bond donors (Lipinski definition) is 0. The molecule has 0 radical (unpaired) electrons. The number of benzene rings is 1. The fourth-order valence-electron chi connectivity index (χ4n) is 2.98. The van der Waals surface area contributed by atoms with Crippen molar-refractivity contribution in [1.82, 2.24) is 4.90 Å². The van der Waals surface area contributed by atoms with Crippen LogP contribution in [-0.2, 0) is 4.74 Å². The molecule has 1 fully saturated rings. The van der Waals surface area contributed by atoms with Crippen LogP contribution in [0.2, 0.25) is 0 Å². The first-order valence-electron chi connectivity index (χ1n) is 8.58. The van der Waals surface area contributed by atoms with Gasteiger partial charge in [0.2, 0.25) is 5.75 Å². The fraction of sp³-hybridized carbons (Fsp3) is 0.667. The summed E-state index contributed by atoms with van der Waals surface area (Å²) in [5, 5.41) is 0. The molecular formula is C18H30N2O4. The first kappa shape index (κ1) is 18.7. The van der Waals surface area contributed by atoms with E-state index in [1.165, 1.54) is 0 Å². The standard InChI is InChI=1S/C18H30N2O4/c1-5-6-20(8-7-19-9-11-24-12-10-19)15-13-16(21-2)18(23-4)17(14-15)22-3/h13-14H,5-12H2,1-4H3. The minimum Gasteiger partial charge on any atom is -0.493 e. The van der Waals surface area contributed by atoms with Crippen molar-refractivity contribution in [1.29, 1.82) is 0 Å². The molecule has 0 unspecified atom stereocenters. The van der Waals surface area contributed by atoms with Crippen molar-refractivity contribution < 1.29 is 18.9 Å². The molecule has 0 N–H and O–H groups in total. The summed E-state index contributed by atoms with van der Waals surface area (Å²) >= 11 is 0. The van der Waals surface area contributed by atoms with Gasteiger partial charge >= 0.3 is 0 Å². The molecule has 0 bridgehead atoms. The van der Waals surface area contributed by atoms with Crippen LogP contribution < -0.4 is 19.1 Å². The summed E-state index contributed by atoms with van der Waals surface area (Å²) in [4.78, 5) is 4.82. The van der Waals surface area contributed by atoms with Crippen LogP contribution >= 0.6 is 0 Å². The molecule has 24 heavy (non-hydrogen) atoms. The van der Waals surface area contributed by atoms with E-state index in [1.54, 1.807) is 21.3 Å². The molecule has 0 saturated carbocycles. The number of rotatable bonds is 9. The molecule has 2 rings (SSSR count). The minimum absolute atomic E-state index is 0.633. The van der Waals surface area contributed by atoms with Gasteiger partial charge in [0.25, 0.3) is 0 Å². The summed E-state index contributed by atoms with van der Waals surface area (Å²) in [6.45, 7) is 8.86. The molecule has 1 aromatic carbocycles. The van der Waals surface area contributed by atoms with Crippen molar-refractivity contribution in [2.75, 3.05) is 72.2 Å². The van der Waals surface area contributed by atoms with Crippen LogP contribution in [0.5, 0.6) is 17.2 Å². The molecule has 0 amide bonds. The SMILES string of the molecule is CCCN(CCN1CCOCC1)c1cc(OC)c(OC)c(OC)c1. The molecule has 0 atom stereocenters. The minimum atomic E-state index is 0.633. The molecule has 6 heteroatoms. The summed E-state index contributed by atoms with van der Waals surface area (Å²) in [6.07, 6.45) is 1.08. The maximum Gasteiger partial charge on any atom is 0.203 e. The summed E-state index contributed by atoms with van der Waals surface area (Å²) in [7, 11) is 4.93. The van der Waals surface area contributed by atoms with Gasteiger partial charge in [-0.15, -0.1) is 0 Å². The Morgan fingerprint density at radius 3 is 2.12 bits per heavy atom. The summed E-state index contributed by atoms with van der Waals surface area (Å²) < 4.78 is 21.8. The largest absolute Gasteiger partial charge is 0.493 e. The molecule has 0 aromatic heterocycles. The first-order valence-corrected chi connectivity index (χ1v) is 8.58. The van der Waals surface area contributed by atoms with Gasteiger partial charge in [-0.3, -0.25) is 4.90 Å². The van der Waals surface area contributed by atoms with Gasteiger partial charge in [0.05, 0.1) is 34.5 Å². The van der Waals surface area contributed by atoms with Crippen LogP contribution in [0.3, 0.4) is 0 Å². The predicted octanol–water partition coefficient (Wildman–Crippen LogP) is 2.26. The van der Waals surface area contributed by atoms with Crippen LogP contribution in [0.1, 0.15) is 13.3 Å². The van der Waals surface area contributed by atoms with E-state index in [1.807, 2.05) is 12.1 Å². The van der Waals surface area contributed by atoms with Crippen LogP contribution in [0.15, 0.2) is 12.1 Å².